The Hall–Kier alpha value is -0.200. The minimum absolute atomic E-state index is 0.00473. The van der Waals surface area contributed by atoms with Crippen LogP contribution in [0.15, 0.2) is 0 Å². The lowest BCUT2D eigenvalue weighted by atomic mass is 9.88. The van der Waals surface area contributed by atoms with Crippen LogP contribution in [0.4, 0.5) is 0 Å². The van der Waals surface area contributed by atoms with Gasteiger partial charge in [-0.1, -0.05) is 19.3 Å². The van der Waals surface area contributed by atoms with E-state index in [4.69, 9.17) is 9.47 Å². The van der Waals surface area contributed by atoms with Gasteiger partial charge in [0.25, 0.3) is 0 Å². The maximum Gasteiger partial charge on any atom is 0.176 e. The molecule has 1 saturated carbocycles. The second-order valence-electron chi connectivity index (χ2n) is 7.54. The summed E-state index contributed by atoms with van der Waals surface area (Å²) in [6.07, 6.45) is 8.62. The van der Waals surface area contributed by atoms with Crippen molar-refractivity contribution in [2.45, 2.75) is 75.5 Å². The van der Waals surface area contributed by atoms with Crippen LogP contribution >= 0.6 is 0 Å². The van der Waals surface area contributed by atoms with Gasteiger partial charge in [0.2, 0.25) is 0 Å². The first-order valence-electron chi connectivity index (χ1n) is 9.25. The molecule has 5 atom stereocenters. The van der Waals surface area contributed by atoms with E-state index >= 15 is 0 Å². The molecule has 4 rings (SSSR count). The molecule has 0 amide bonds. The zero-order valence-corrected chi connectivity index (χ0v) is 13.5. The van der Waals surface area contributed by atoms with Gasteiger partial charge in [0, 0.05) is 0 Å². The Kier molecular flexibility index (Phi) is 4.69. The lowest BCUT2D eigenvalue weighted by Gasteiger charge is -2.43. The van der Waals surface area contributed by atoms with Crippen LogP contribution in [-0.2, 0) is 9.47 Å². The smallest absolute Gasteiger partial charge is 0.176 e. The number of aliphatic hydroxyl groups is 1. The summed E-state index contributed by atoms with van der Waals surface area (Å²) in [5.41, 5.74) is 0. The third-order valence-corrected chi connectivity index (χ3v) is 6.06. The Morgan fingerprint density at radius 2 is 1.82 bits per heavy atom. The molecule has 5 nitrogen and oxygen atoms in total. The summed E-state index contributed by atoms with van der Waals surface area (Å²) >= 11 is 0. The highest BCUT2D eigenvalue weighted by Crippen LogP contribution is 2.33. The standard InChI is InChI=1S/C17H30N2O3/c20-16-14(18-10-12-6-2-1-3-7-12)13-11-21-17(22-13)15(16)19-8-4-5-9-19/h12-18,20H,1-11H2/t13-,14-,15-,16+,17-/m1/s1. The molecule has 126 valence electrons. The highest BCUT2D eigenvalue weighted by molar-refractivity contribution is 5.02. The minimum Gasteiger partial charge on any atom is -0.390 e. The molecule has 0 spiro atoms. The van der Waals surface area contributed by atoms with Crippen molar-refractivity contribution in [2.75, 3.05) is 26.2 Å². The quantitative estimate of drug-likeness (QED) is 0.814. The molecule has 5 heteroatoms. The molecule has 3 aliphatic heterocycles. The first-order valence-corrected chi connectivity index (χ1v) is 9.25. The van der Waals surface area contributed by atoms with Crippen LogP contribution in [0.2, 0.25) is 0 Å². The number of rotatable bonds is 4. The number of nitrogens with zero attached hydrogens (tertiary/aromatic N) is 1. The summed E-state index contributed by atoms with van der Waals surface area (Å²) in [5, 5.41) is 14.6. The number of fused-ring (bicyclic) bond motifs is 2. The van der Waals surface area contributed by atoms with Crippen LogP contribution < -0.4 is 5.32 Å². The molecule has 2 N–H and O–H groups in total. The highest BCUT2D eigenvalue weighted by Gasteiger charge is 2.52. The van der Waals surface area contributed by atoms with E-state index < -0.39 is 0 Å². The summed E-state index contributed by atoms with van der Waals surface area (Å²) in [6, 6.07) is 0.0244. The number of hydrogen-bond donors (Lipinski definition) is 2. The van der Waals surface area contributed by atoms with Gasteiger partial charge in [0.1, 0.15) is 6.10 Å². The van der Waals surface area contributed by atoms with E-state index in [-0.39, 0.29) is 30.6 Å². The van der Waals surface area contributed by atoms with Gasteiger partial charge in [-0.15, -0.1) is 0 Å². The summed E-state index contributed by atoms with van der Waals surface area (Å²) in [5.74, 6) is 0.770. The molecular formula is C17H30N2O3. The summed E-state index contributed by atoms with van der Waals surface area (Å²) < 4.78 is 11.9. The average molecular weight is 310 g/mol. The van der Waals surface area contributed by atoms with Crippen molar-refractivity contribution in [3.05, 3.63) is 0 Å². The third-order valence-electron chi connectivity index (χ3n) is 6.06. The van der Waals surface area contributed by atoms with Crippen LogP contribution in [0.25, 0.3) is 0 Å². The Labute approximate surface area is 133 Å². The Bertz CT molecular complexity index is 367. The number of nitrogens with one attached hydrogen (secondary N) is 1. The van der Waals surface area contributed by atoms with E-state index in [2.05, 4.69) is 10.2 Å². The van der Waals surface area contributed by atoms with Crippen molar-refractivity contribution >= 4 is 0 Å². The van der Waals surface area contributed by atoms with Crippen LogP contribution in [0.1, 0.15) is 44.9 Å². The van der Waals surface area contributed by atoms with E-state index in [1.54, 1.807) is 0 Å². The molecule has 0 aromatic heterocycles. The monoisotopic (exact) mass is 310 g/mol. The maximum absolute atomic E-state index is 10.9. The van der Waals surface area contributed by atoms with E-state index in [1.165, 1.54) is 44.9 Å². The number of ether oxygens (including phenoxy) is 2. The molecule has 3 saturated heterocycles. The Morgan fingerprint density at radius 3 is 2.59 bits per heavy atom. The molecule has 0 unspecified atom stereocenters. The van der Waals surface area contributed by atoms with Crippen molar-refractivity contribution in [3.8, 4) is 0 Å². The zero-order valence-electron chi connectivity index (χ0n) is 13.5. The first-order chi connectivity index (χ1) is 10.8. The first kappa shape index (κ1) is 15.3. The number of likely N-dealkylation sites (tertiary alicyclic amines) is 1. The largest absolute Gasteiger partial charge is 0.390 e. The number of hydrogen-bond acceptors (Lipinski definition) is 5. The maximum atomic E-state index is 10.9. The summed E-state index contributed by atoms with van der Waals surface area (Å²) in [6.45, 7) is 3.75. The average Bonchev–Trinajstić information content (AvgIpc) is 3.20. The SMILES string of the molecule is O[C@H]1[C@H](NCC2CCCCC2)[C@H]2CO[C@H](O2)[C@@H]1N1CCCC1. The number of aliphatic hydroxyl groups excluding tert-OH is 1. The fourth-order valence-corrected chi connectivity index (χ4v) is 4.78. The van der Waals surface area contributed by atoms with Gasteiger partial charge in [-0.3, -0.25) is 4.90 Å². The molecule has 4 fully saturated rings. The second-order valence-corrected chi connectivity index (χ2v) is 7.54. The summed E-state index contributed by atoms with van der Waals surface area (Å²) in [4.78, 5) is 2.37. The predicted molar refractivity (Wildman–Crippen MR) is 83.6 cm³/mol. The van der Waals surface area contributed by atoms with E-state index in [0.717, 1.165) is 25.6 Å². The van der Waals surface area contributed by atoms with Crippen LogP contribution in [-0.4, -0.2) is 66.8 Å². The molecule has 0 aromatic rings. The van der Waals surface area contributed by atoms with Gasteiger partial charge in [-0.25, -0.2) is 0 Å². The van der Waals surface area contributed by atoms with E-state index in [1.807, 2.05) is 0 Å². The lowest BCUT2D eigenvalue weighted by molar-refractivity contribution is -0.179. The van der Waals surface area contributed by atoms with Gasteiger partial charge in [0.15, 0.2) is 6.29 Å². The van der Waals surface area contributed by atoms with Crippen molar-refractivity contribution in [1.82, 2.24) is 10.2 Å². The van der Waals surface area contributed by atoms with Crippen molar-refractivity contribution < 1.29 is 14.6 Å². The van der Waals surface area contributed by atoms with Gasteiger partial charge in [0.05, 0.1) is 24.8 Å². The van der Waals surface area contributed by atoms with E-state index in [9.17, 15) is 5.11 Å². The second kappa shape index (κ2) is 6.73. The van der Waals surface area contributed by atoms with Crippen molar-refractivity contribution in [1.29, 1.82) is 0 Å². The Morgan fingerprint density at radius 1 is 1.05 bits per heavy atom. The van der Waals surface area contributed by atoms with Gasteiger partial charge in [-0.05, 0) is 51.2 Å². The normalized spacial score (nSPS) is 43.8. The van der Waals surface area contributed by atoms with Crippen LogP contribution in [0.5, 0.6) is 0 Å². The molecule has 1 aliphatic carbocycles. The van der Waals surface area contributed by atoms with Gasteiger partial charge in [-0.2, -0.15) is 0 Å². The molecular weight excluding hydrogens is 280 g/mol. The summed E-state index contributed by atoms with van der Waals surface area (Å²) in [7, 11) is 0. The molecule has 2 bridgehead atoms. The van der Waals surface area contributed by atoms with Gasteiger partial charge >= 0.3 is 0 Å². The minimum atomic E-state index is -0.382. The lowest BCUT2D eigenvalue weighted by Crippen LogP contribution is -2.64. The fraction of sp³-hybridized carbons (Fsp3) is 1.00. The topological polar surface area (TPSA) is 54.0 Å². The molecule has 22 heavy (non-hydrogen) atoms. The van der Waals surface area contributed by atoms with Gasteiger partial charge < -0.3 is 19.9 Å². The fourth-order valence-electron chi connectivity index (χ4n) is 4.78. The molecule has 0 aromatic carbocycles. The third kappa shape index (κ3) is 2.94. The van der Waals surface area contributed by atoms with Crippen molar-refractivity contribution in [2.24, 2.45) is 5.92 Å². The van der Waals surface area contributed by atoms with Crippen LogP contribution in [0.3, 0.4) is 0 Å². The molecule has 3 heterocycles. The zero-order chi connectivity index (χ0) is 14.9. The highest BCUT2D eigenvalue weighted by atomic mass is 16.7. The Balaban J connectivity index is 1.39. The molecule has 0 radical (unpaired) electrons. The van der Waals surface area contributed by atoms with E-state index in [0.29, 0.717) is 6.61 Å². The van der Waals surface area contributed by atoms with Crippen LogP contribution in [0, 0.1) is 5.92 Å². The molecule has 4 aliphatic rings. The van der Waals surface area contributed by atoms with Crippen molar-refractivity contribution in [3.63, 3.8) is 0 Å². The predicted octanol–water partition coefficient (Wildman–Crippen LogP) is 1.11.